The molecule has 260 valence electrons. The van der Waals surface area contributed by atoms with E-state index in [-0.39, 0.29) is 16.5 Å². The Hall–Kier alpha value is -1.99. The van der Waals surface area contributed by atoms with Crippen molar-refractivity contribution >= 4 is 11.4 Å². The number of unbranched alkanes of at least 4 members (excludes halogenated alkanes) is 9. The van der Waals surface area contributed by atoms with E-state index in [0.717, 1.165) is 68.3 Å². The smallest absolute Gasteiger partial charge is 0.493 e. The van der Waals surface area contributed by atoms with Crippen molar-refractivity contribution in [3.8, 4) is 0 Å². The summed E-state index contributed by atoms with van der Waals surface area (Å²) in [5.41, 5.74) is 21.8. The third kappa shape index (κ3) is 15.7. The molecule has 0 saturated carbocycles. The summed E-state index contributed by atoms with van der Waals surface area (Å²) in [4.78, 5) is 0. The molecule has 0 N–H and O–H groups in total. The van der Waals surface area contributed by atoms with Gasteiger partial charge in [-0.1, -0.05) is 124 Å². The van der Waals surface area contributed by atoms with Gasteiger partial charge in [0.15, 0.2) is 0 Å². The van der Waals surface area contributed by atoms with Gasteiger partial charge in [-0.2, -0.15) is 12.8 Å². The van der Waals surface area contributed by atoms with Crippen LogP contribution in [0.4, 0.5) is 0 Å². The van der Waals surface area contributed by atoms with Gasteiger partial charge in [0.2, 0.25) is 11.4 Å². The topological polar surface area (TPSA) is 25.3 Å². The molecule has 0 amide bonds. The minimum atomic E-state index is 0. The Kier molecular flexibility index (Phi) is 26.9. The largest absolute Gasteiger partial charge is 2.00 e. The fourth-order valence-electron chi connectivity index (χ4n) is 5.93. The van der Waals surface area contributed by atoms with Crippen molar-refractivity contribution in [1.29, 1.82) is 0 Å². The Bertz CT molecular complexity index is 1140. The Morgan fingerprint density at radius 2 is 0.848 bits per heavy atom. The predicted molar refractivity (Wildman–Crippen MR) is 201 cm³/mol. The molecule has 0 radical (unpaired) electrons. The molecule has 0 aliphatic carbocycles. The molecule has 0 aromatic heterocycles. The van der Waals surface area contributed by atoms with Crippen LogP contribution in [0.5, 0.6) is 0 Å². The zero-order valence-electron chi connectivity index (χ0n) is 30.7. The fraction of sp³-hybridized carbons (Fsp3) is 0.581. The van der Waals surface area contributed by atoms with Crippen LogP contribution in [0.15, 0.2) is 59.7 Å². The van der Waals surface area contributed by atoms with Gasteiger partial charge in [-0.3, -0.25) is 0 Å². The third-order valence-electron chi connectivity index (χ3n) is 8.21. The van der Waals surface area contributed by atoms with Crippen LogP contribution in [0, 0.1) is 13.8 Å². The van der Waals surface area contributed by atoms with Gasteiger partial charge in [-0.15, -0.1) is 0 Å². The van der Waals surface area contributed by atoms with Gasteiger partial charge in [0.25, 0.3) is 0 Å². The van der Waals surface area contributed by atoms with E-state index in [0.29, 0.717) is 0 Å². The number of rotatable bonds is 19. The Balaban J connectivity index is 0.00000268. The first-order valence-corrected chi connectivity index (χ1v) is 18.7. The van der Waals surface area contributed by atoms with E-state index >= 15 is 0 Å². The maximum Gasteiger partial charge on any atom is 2.00 e. The van der Waals surface area contributed by atoms with Crippen molar-refractivity contribution in [2.45, 2.75) is 164 Å². The minimum absolute atomic E-state index is 0. The van der Waals surface area contributed by atoms with Gasteiger partial charge < -0.3 is 19.4 Å². The van der Waals surface area contributed by atoms with Crippen LogP contribution in [0.25, 0.3) is 16.9 Å². The summed E-state index contributed by atoms with van der Waals surface area (Å²) in [7, 11) is 0. The predicted octanol–water partition coefficient (Wildman–Crippen LogP) is 14.3. The SMILES string of the molecule is CCCCCCCCc1cccc(C2=C(CCCCC)C(CCCC)=C(c3cccc(CCCC)c3)[N+]2=[N-])c1.[CH2-]CC.[CH2-]CC.[Ni+2]. The minimum Gasteiger partial charge on any atom is -0.493 e. The standard InChI is InChI=1S/C37H54N2.2C3H7.Ni/c1-5-9-13-14-15-17-21-31-23-19-25-33(29-31)37-35(27-16-10-6-2)34(26-12-8-4)36(39(37)38)32-24-18-22-30(28-32)20-11-7-3;2*1-3-2;/h18-19,22-25,28-29H,5-17,20-21,26-27H2,1-4H3;2*1,3H2,2H3;/q;2*-1;+2. The molecule has 2 aromatic carbocycles. The number of allylic oxidation sites excluding steroid dienone is 2. The fourth-order valence-corrected chi connectivity index (χ4v) is 5.93. The molecule has 1 aliphatic heterocycles. The number of nitrogens with zero attached hydrogens (tertiary/aromatic N) is 2. The maximum atomic E-state index is 11.9. The molecule has 2 nitrogen and oxygen atoms in total. The zero-order chi connectivity index (χ0) is 33.3. The van der Waals surface area contributed by atoms with Crippen molar-refractivity contribution in [1.82, 2.24) is 0 Å². The number of aryl methyl sites for hydroxylation is 2. The Labute approximate surface area is 296 Å². The number of benzene rings is 2. The molecule has 3 heteroatoms. The van der Waals surface area contributed by atoms with Crippen molar-refractivity contribution in [3.63, 3.8) is 0 Å². The van der Waals surface area contributed by atoms with E-state index in [1.165, 1.54) is 98.5 Å². The molecule has 0 bridgehead atoms. The van der Waals surface area contributed by atoms with Crippen LogP contribution >= 0.6 is 0 Å². The maximum absolute atomic E-state index is 11.9. The summed E-state index contributed by atoms with van der Waals surface area (Å²) in [6, 6.07) is 18.0. The second-order valence-electron chi connectivity index (χ2n) is 12.5. The van der Waals surface area contributed by atoms with Crippen molar-refractivity contribution in [2.75, 3.05) is 0 Å². The van der Waals surface area contributed by atoms with Gasteiger partial charge in [0.05, 0.1) is 0 Å². The summed E-state index contributed by atoms with van der Waals surface area (Å²) in [6.07, 6.45) is 22.5. The normalized spacial score (nSPS) is 12.4. The molecule has 1 heterocycles. The van der Waals surface area contributed by atoms with Gasteiger partial charge >= 0.3 is 16.5 Å². The van der Waals surface area contributed by atoms with Crippen LogP contribution < -0.4 is 0 Å². The van der Waals surface area contributed by atoms with Gasteiger partial charge in [-0.25, -0.2) is 4.70 Å². The quantitative estimate of drug-likeness (QED) is 0.0615. The third-order valence-corrected chi connectivity index (χ3v) is 8.21. The van der Waals surface area contributed by atoms with Crippen LogP contribution in [-0.4, -0.2) is 4.70 Å². The van der Waals surface area contributed by atoms with Crippen molar-refractivity contribution in [2.24, 2.45) is 0 Å². The molecule has 0 unspecified atom stereocenters. The van der Waals surface area contributed by atoms with E-state index in [1.807, 2.05) is 13.8 Å². The first-order chi connectivity index (χ1) is 22.0. The van der Waals surface area contributed by atoms with Crippen LogP contribution in [0.3, 0.4) is 0 Å². The second kappa shape index (κ2) is 28.1. The van der Waals surface area contributed by atoms with Crippen LogP contribution in [0.1, 0.15) is 173 Å². The molecule has 1 aliphatic rings. The molecule has 0 spiro atoms. The Morgan fingerprint density at radius 3 is 1.33 bits per heavy atom. The molecular weight excluding hydrogens is 603 g/mol. The second-order valence-corrected chi connectivity index (χ2v) is 12.5. The van der Waals surface area contributed by atoms with E-state index in [2.05, 4.69) is 90.1 Å². The molecule has 0 saturated heterocycles. The number of hydrogen-bond acceptors (Lipinski definition) is 0. The van der Waals surface area contributed by atoms with Gasteiger partial charge in [0.1, 0.15) is 0 Å². The summed E-state index contributed by atoms with van der Waals surface area (Å²) >= 11 is 0. The molecule has 3 rings (SSSR count). The monoisotopic (exact) mass is 670 g/mol. The summed E-state index contributed by atoms with van der Waals surface area (Å²) in [5, 5.41) is 0. The van der Waals surface area contributed by atoms with Gasteiger partial charge in [0, 0.05) is 22.3 Å². The van der Waals surface area contributed by atoms with E-state index in [4.69, 9.17) is 0 Å². The van der Waals surface area contributed by atoms with Crippen LogP contribution in [0.2, 0.25) is 0 Å². The van der Waals surface area contributed by atoms with Crippen molar-refractivity contribution in [3.05, 3.63) is 101 Å². The molecule has 0 fully saturated rings. The van der Waals surface area contributed by atoms with Crippen LogP contribution in [-0.2, 0) is 29.3 Å². The van der Waals surface area contributed by atoms with E-state index in [9.17, 15) is 5.53 Å². The summed E-state index contributed by atoms with van der Waals surface area (Å²) in [5.74, 6) is 0. The van der Waals surface area contributed by atoms with Crippen molar-refractivity contribution < 1.29 is 21.2 Å². The summed E-state index contributed by atoms with van der Waals surface area (Å²) < 4.78 is 1.56. The van der Waals surface area contributed by atoms with Gasteiger partial charge in [-0.05, 0) is 86.8 Å². The molecule has 46 heavy (non-hydrogen) atoms. The molecule has 2 aromatic rings. The number of hydrogen-bond donors (Lipinski definition) is 0. The molecule has 0 atom stereocenters. The zero-order valence-corrected chi connectivity index (χ0v) is 31.7. The summed E-state index contributed by atoms with van der Waals surface area (Å²) in [6.45, 7) is 20.1. The van der Waals surface area contributed by atoms with E-state index < -0.39 is 0 Å². The average molecular weight is 672 g/mol. The molecular formula is C43H68N2Ni. The Morgan fingerprint density at radius 1 is 0.500 bits per heavy atom. The first-order valence-electron chi connectivity index (χ1n) is 18.7. The van der Waals surface area contributed by atoms with E-state index in [1.54, 1.807) is 4.70 Å². The first kappa shape index (κ1) is 44.0. The average Bonchev–Trinajstić information content (AvgIpc) is 3.32.